The molecule has 0 spiro atoms. The van der Waals surface area contributed by atoms with Gasteiger partial charge in [-0.25, -0.2) is 18.9 Å². The fraction of sp³-hybridized carbons (Fsp3) is 0.0833. The Bertz CT molecular complexity index is 1680. The lowest BCUT2D eigenvalue weighted by atomic mass is 10.1. The zero-order valence-electron chi connectivity index (χ0n) is 17.9. The molecule has 10 heteroatoms. The molecule has 166 valence electrons. The van der Waals surface area contributed by atoms with Crippen molar-refractivity contribution in [1.29, 1.82) is 0 Å². The van der Waals surface area contributed by atoms with Gasteiger partial charge in [-0.2, -0.15) is 5.10 Å². The van der Waals surface area contributed by atoms with E-state index < -0.39 is 0 Å². The van der Waals surface area contributed by atoms with E-state index in [4.69, 9.17) is 10.1 Å². The lowest BCUT2D eigenvalue weighted by molar-refractivity contribution is 0.0995. The highest BCUT2D eigenvalue weighted by Crippen LogP contribution is 2.32. The minimum atomic E-state index is -0.307. The molecule has 5 aromatic heterocycles. The summed E-state index contributed by atoms with van der Waals surface area (Å²) in [6.45, 7) is 1.77. The predicted molar refractivity (Wildman–Crippen MR) is 125 cm³/mol. The molecule has 6 rings (SSSR count). The number of hydrogen-bond donors (Lipinski definition) is 0. The average Bonchev–Trinajstić information content (AvgIpc) is 3.54. The van der Waals surface area contributed by atoms with Crippen molar-refractivity contribution < 1.29 is 9.18 Å². The summed E-state index contributed by atoms with van der Waals surface area (Å²) in [6, 6.07) is 15.7. The number of Topliss-reactive ketones (excluding diaryl/α,β-unsaturated/α-hetero) is 1. The Hall–Kier alpha value is -4.31. The highest BCUT2D eigenvalue weighted by Gasteiger charge is 2.19. The van der Waals surface area contributed by atoms with Crippen LogP contribution < -0.4 is 0 Å². The van der Waals surface area contributed by atoms with Crippen LogP contribution in [0.3, 0.4) is 0 Å². The summed E-state index contributed by atoms with van der Waals surface area (Å²) in [6.07, 6.45) is 3.81. The Labute approximate surface area is 196 Å². The number of benzene rings is 1. The summed E-state index contributed by atoms with van der Waals surface area (Å²) >= 11 is 1.09. The van der Waals surface area contributed by atoms with E-state index in [-0.39, 0.29) is 18.0 Å². The van der Waals surface area contributed by atoms with Crippen molar-refractivity contribution in [3.8, 4) is 22.6 Å². The molecular weight excluding hydrogens is 453 g/mol. The van der Waals surface area contributed by atoms with Gasteiger partial charge in [0.25, 0.3) is 0 Å². The maximum absolute atomic E-state index is 13.5. The second-order valence-electron chi connectivity index (χ2n) is 7.79. The summed E-state index contributed by atoms with van der Waals surface area (Å²) in [7, 11) is 0. The third-order valence-corrected chi connectivity index (χ3v) is 6.38. The molecule has 5 heterocycles. The molecule has 0 aliphatic carbocycles. The van der Waals surface area contributed by atoms with Crippen LogP contribution in [-0.2, 0) is 6.42 Å². The number of fused-ring (bicyclic) bond motifs is 2. The smallest absolute Gasteiger partial charge is 0.182 e. The molecule has 0 saturated heterocycles. The molecule has 0 fully saturated rings. The Balaban J connectivity index is 1.44. The van der Waals surface area contributed by atoms with Gasteiger partial charge in [0.05, 0.1) is 29.7 Å². The number of carbonyl (C=O) groups is 1. The zero-order chi connectivity index (χ0) is 23.2. The number of imidazole rings is 2. The summed E-state index contributed by atoms with van der Waals surface area (Å²) in [5.74, 6) is -0.380. The molecule has 0 unspecified atom stereocenters. The number of aryl methyl sites for hydroxylation is 1. The molecule has 8 nitrogen and oxygen atoms in total. The van der Waals surface area contributed by atoms with E-state index in [0.29, 0.717) is 33.3 Å². The van der Waals surface area contributed by atoms with E-state index in [1.54, 1.807) is 29.8 Å². The predicted octanol–water partition coefficient (Wildman–Crippen LogP) is 4.44. The topological polar surface area (TPSA) is 90.3 Å². The lowest BCUT2D eigenvalue weighted by Crippen LogP contribution is -2.03. The standard InChI is InChI=1S/C24H16FN7OS/c1-14-24(34-30-28-14)19(33)12-17-13-32-21(26-17)10-9-18(29-32)23-22(15-5-7-16(25)8-6-15)27-20-4-2-3-11-31(20)23/h2-11,13H,12H2,1H3. The van der Waals surface area contributed by atoms with Gasteiger partial charge in [-0.05, 0) is 67.0 Å². The number of hydrogen-bond acceptors (Lipinski definition) is 7. The average molecular weight is 470 g/mol. The highest BCUT2D eigenvalue weighted by molar-refractivity contribution is 7.08. The molecule has 0 bridgehead atoms. The molecular formula is C24H16FN7OS. The number of pyridine rings is 1. The van der Waals surface area contributed by atoms with Gasteiger partial charge in [0.15, 0.2) is 11.4 Å². The van der Waals surface area contributed by atoms with Crippen LogP contribution in [0, 0.1) is 12.7 Å². The summed E-state index contributed by atoms with van der Waals surface area (Å²) in [5, 5.41) is 8.67. The van der Waals surface area contributed by atoms with Crippen LogP contribution >= 0.6 is 11.5 Å². The van der Waals surface area contributed by atoms with Crippen molar-refractivity contribution in [2.45, 2.75) is 13.3 Å². The summed E-state index contributed by atoms with van der Waals surface area (Å²) in [4.78, 5) is 22.5. The SMILES string of the molecule is Cc1nnsc1C(=O)Cc1cn2nc(-c3c(-c4ccc(F)cc4)nc4ccccn34)ccc2n1. The second kappa shape index (κ2) is 7.92. The molecule has 6 aromatic rings. The van der Waals surface area contributed by atoms with E-state index in [1.807, 2.05) is 40.9 Å². The number of halogens is 1. The van der Waals surface area contributed by atoms with Crippen LogP contribution in [-0.4, -0.2) is 39.4 Å². The molecule has 0 aliphatic rings. The molecule has 0 saturated carbocycles. The maximum Gasteiger partial charge on any atom is 0.182 e. The highest BCUT2D eigenvalue weighted by atomic mass is 32.1. The van der Waals surface area contributed by atoms with Gasteiger partial charge in [0.1, 0.15) is 27.7 Å². The summed E-state index contributed by atoms with van der Waals surface area (Å²) < 4.78 is 21.0. The van der Waals surface area contributed by atoms with Crippen molar-refractivity contribution in [2.75, 3.05) is 0 Å². The first kappa shape index (κ1) is 20.3. The van der Waals surface area contributed by atoms with Crippen LogP contribution in [0.25, 0.3) is 33.9 Å². The zero-order valence-corrected chi connectivity index (χ0v) is 18.7. The maximum atomic E-state index is 13.5. The first-order valence-corrected chi connectivity index (χ1v) is 11.2. The van der Waals surface area contributed by atoms with E-state index in [9.17, 15) is 9.18 Å². The Morgan fingerprint density at radius 3 is 2.68 bits per heavy atom. The quantitative estimate of drug-likeness (QED) is 0.347. The van der Waals surface area contributed by atoms with E-state index in [2.05, 4.69) is 14.6 Å². The van der Waals surface area contributed by atoms with Crippen molar-refractivity contribution in [2.24, 2.45) is 0 Å². The van der Waals surface area contributed by atoms with Crippen molar-refractivity contribution in [1.82, 2.24) is 33.6 Å². The number of aromatic nitrogens is 7. The third-order valence-electron chi connectivity index (χ3n) is 5.51. The van der Waals surface area contributed by atoms with Crippen LogP contribution in [0.1, 0.15) is 21.1 Å². The lowest BCUT2D eigenvalue weighted by Gasteiger charge is -2.05. The third kappa shape index (κ3) is 3.44. The van der Waals surface area contributed by atoms with Gasteiger partial charge in [0.2, 0.25) is 0 Å². The van der Waals surface area contributed by atoms with Gasteiger partial charge in [0, 0.05) is 11.8 Å². The molecule has 0 amide bonds. The number of rotatable bonds is 5. The normalized spacial score (nSPS) is 11.5. The van der Waals surface area contributed by atoms with Crippen LogP contribution in [0.2, 0.25) is 0 Å². The van der Waals surface area contributed by atoms with Gasteiger partial charge < -0.3 is 0 Å². The Kier molecular flexibility index (Phi) is 4.73. The molecule has 0 radical (unpaired) electrons. The van der Waals surface area contributed by atoms with Gasteiger partial charge >= 0.3 is 0 Å². The van der Waals surface area contributed by atoms with Crippen molar-refractivity contribution >= 4 is 28.6 Å². The largest absolute Gasteiger partial charge is 0.298 e. The van der Waals surface area contributed by atoms with Crippen LogP contribution in [0.15, 0.2) is 67.0 Å². The number of carbonyl (C=O) groups excluding carboxylic acids is 1. The first-order chi connectivity index (χ1) is 16.6. The Morgan fingerprint density at radius 2 is 1.88 bits per heavy atom. The molecule has 34 heavy (non-hydrogen) atoms. The fourth-order valence-corrected chi connectivity index (χ4v) is 4.52. The summed E-state index contributed by atoms with van der Waals surface area (Å²) in [5.41, 5.74) is 5.55. The van der Waals surface area contributed by atoms with E-state index >= 15 is 0 Å². The van der Waals surface area contributed by atoms with Crippen LogP contribution in [0.5, 0.6) is 0 Å². The fourth-order valence-electron chi connectivity index (χ4n) is 3.92. The molecule has 0 atom stereocenters. The van der Waals surface area contributed by atoms with Gasteiger partial charge in [-0.3, -0.25) is 9.20 Å². The van der Waals surface area contributed by atoms with E-state index in [1.165, 1.54) is 12.1 Å². The molecule has 0 aliphatic heterocycles. The van der Waals surface area contributed by atoms with Gasteiger partial charge in [-0.1, -0.05) is 10.6 Å². The minimum absolute atomic E-state index is 0.0727. The number of ketones is 1. The van der Waals surface area contributed by atoms with Gasteiger partial charge in [-0.15, -0.1) is 5.10 Å². The number of nitrogens with zero attached hydrogens (tertiary/aromatic N) is 7. The van der Waals surface area contributed by atoms with Crippen LogP contribution in [0.4, 0.5) is 4.39 Å². The monoisotopic (exact) mass is 469 g/mol. The second-order valence-corrected chi connectivity index (χ2v) is 8.54. The minimum Gasteiger partial charge on any atom is -0.298 e. The molecule has 0 N–H and O–H groups in total. The molecule has 1 aromatic carbocycles. The van der Waals surface area contributed by atoms with Crippen molar-refractivity contribution in [3.63, 3.8) is 0 Å². The van der Waals surface area contributed by atoms with Crippen molar-refractivity contribution in [3.05, 3.63) is 89.1 Å². The first-order valence-electron chi connectivity index (χ1n) is 10.5. The van der Waals surface area contributed by atoms with E-state index in [0.717, 1.165) is 28.4 Å². The Morgan fingerprint density at radius 1 is 1.03 bits per heavy atom.